The Balaban J connectivity index is 1.54. The largest absolute Gasteiger partial charge is 0.325 e. The summed E-state index contributed by atoms with van der Waals surface area (Å²) in [6.07, 6.45) is 1.25. The predicted octanol–water partition coefficient (Wildman–Crippen LogP) is 2.94. The Morgan fingerprint density at radius 2 is 1.82 bits per heavy atom. The van der Waals surface area contributed by atoms with Gasteiger partial charge in [-0.25, -0.2) is 4.79 Å². The third-order valence-corrected chi connectivity index (χ3v) is 5.67. The number of imide groups is 1. The Labute approximate surface area is 163 Å². The normalized spacial score (nSPS) is 20.5. The molecule has 2 aliphatic rings. The van der Waals surface area contributed by atoms with Crippen LogP contribution in [0.15, 0.2) is 36.4 Å². The zero-order valence-electron chi connectivity index (χ0n) is 16.3. The maximum absolute atomic E-state index is 13.1. The van der Waals surface area contributed by atoms with E-state index in [9.17, 15) is 14.4 Å². The number of urea groups is 1. The first-order valence-electron chi connectivity index (χ1n) is 9.42. The fourth-order valence-corrected chi connectivity index (χ4v) is 4.43. The molecule has 1 atom stereocenters. The van der Waals surface area contributed by atoms with Gasteiger partial charge in [0.2, 0.25) is 5.91 Å². The lowest BCUT2D eigenvalue weighted by molar-refractivity contribution is -0.134. The molecule has 2 aromatic rings. The average molecular weight is 377 g/mol. The Morgan fingerprint density at radius 3 is 2.54 bits per heavy atom. The van der Waals surface area contributed by atoms with E-state index in [2.05, 4.69) is 10.6 Å². The summed E-state index contributed by atoms with van der Waals surface area (Å²) < 4.78 is 0. The average Bonchev–Trinajstić information content (AvgIpc) is 3.12. The monoisotopic (exact) mass is 377 g/mol. The number of hydrogen-bond acceptors (Lipinski definition) is 3. The van der Waals surface area contributed by atoms with Crippen LogP contribution >= 0.6 is 0 Å². The van der Waals surface area contributed by atoms with Crippen molar-refractivity contribution in [2.75, 3.05) is 11.9 Å². The highest BCUT2D eigenvalue weighted by atomic mass is 16.2. The molecular weight excluding hydrogens is 354 g/mol. The van der Waals surface area contributed by atoms with Gasteiger partial charge in [0, 0.05) is 5.69 Å². The van der Waals surface area contributed by atoms with E-state index < -0.39 is 11.6 Å². The van der Waals surface area contributed by atoms with Crippen LogP contribution in [0.4, 0.5) is 10.5 Å². The first-order valence-corrected chi connectivity index (χ1v) is 9.42. The topological polar surface area (TPSA) is 78.5 Å². The minimum atomic E-state index is -1.04. The van der Waals surface area contributed by atoms with Crippen LogP contribution in [-0.4, -0.2) is 29.3 Å². The highest BCUT2D eigenvalue weighted by molar-refractivity contribution is 6.11. The predicted molar refractivity (Wildman–Crippen MR) is 106 cm³/mol. The molecule has 2 N–H and O–H groups in total. The lowest BCUT2D eigenvalue weighted by Crippen LogP contribution is -2.43. The molecule has 0 aromatic heterocycles. The number of benzene rings is 2. The van der Waals surface area contributed by atoms with Gasteiger partial charge >= 0.3 is 6.03 Å². The van der Waals surface area contributed by atoms with Crippen molar-refractivity contribution in [2.45, 2.75) is 39.2 Å². The molecule has 6 heteroatoms. The Bertz CT molecular complexity index is 991. The van der Waals surface area contributed by atoms with E-state index in [-0.39, 0.29) is 18.4 Å². The van der Waals surface area contributed by atoms with Crippen molar-refractivity contribution in [1.82, 2.24) is 10.2 Å². The van der Waals surface area contributed by atoms with Crippen molar-refractivity contribution in [3.05, 3.63) is 64.2 Å². The number of amides is 4. The van der Waals surface area contributed by atoms with Gasteiger partial charge in [0.25, 0.3) is 5.91 Å². The number of nitrogens with one attached hydrogen (secondary N) is 2. The number of hydrogen-bond donors (Lipinski definition) is 2. The molecule has 1 saturated heterocycles. The molecule has 1 heterocycles. The molecule has 0 radical (unpaired) electrons. The van der Waals surface area contributed by atoms with Crippen LogP contribution in [-0.2, 0) is 21.5 Å². The van der Waals surface area contributed by atoms with E-state index >= 15 is 0 Å². The second-order valence-electron chi connectivity index (χ2n) is 7.71. The first kappa shape index (κ1) is 18.2. The summed E-state index contributed by atoms with van der Waals surface area (Å²) in [6.45, 7) is 5.54. The van der Waals surface area contributed by atoms with E-state index in [1.807, 2.05) is 57.2 Å². The van der Waals surface area contributed by atoms with Crippen molar-refractivity contribution < 1.29 is 14.4 Å². The molecule has 1 aliphatic carbocycles. The third kappa shape index (κ3) is 2.76. The van der Waals surface area contributed by atoms with Gasteiger partial charge in [-0.05, 0) is 55.9 Å². The maximum Gasteiger partial charge on any atom is 0.325 e. The van der Waals surface area contributed by atoms with Crippen molar-refractivity contribution in [1.29, 1.82) is 0 Å². The van der Waals surface area contributed by atoms with Crippen LogP contribution in [0.1, 0.15) is 34.2 Å². The fourth-order valence-electron chi connectivity index (χ4n) is 4.43. The van der Waals surface area contributed by atoms with Crippen LogP contribution < -0.4 is 10.6 Å². The number of rotatable bonds is 3. The quantitative estimate of drug-likeness (QED) is 0.808. The van der Waals surface area contributed by atoms with Crippen LogP contribution in [0, 0.1) is 20.8 Å². The Hall–Kier alpha value is -3.15. The van der Waals surface area contributed by atoms with Crippen molar-refractivity contribution >= 4 is 23.5 Å². The summed E-state index contributed by atoms with van der Waals surface area (Å²) in [4.78, 5) is 39.3. The summed E-state index contributed by atoms with van der Waals surface area (Å²) in [5.74, 6) is -0.739. The summed E-state index contributed by atoms with van der Waals surface area (Å²) in [7, 11) is 0. The van der Waals surface area contributed by atoms with Gasteiger partial charge in [-0.3, -0.25) is 14.5 Å². The molecule has 2 aromatic carbocycles. The van der Waals surface area contributed by atoms with Crippen LogP contribution in [0.2, 0.25) is 0 Å². The van der Waals surface area contributed by atoms with Gasteiger partial charge in [0.1, 0.15) is 12.1 Å². The zero-order chi connectivity index (χ0) is 20.1. The molecule has 0 unspecified atom stereocenters. The summed E-state index contributed by atoms with van der Waals surface area (Å²) >= 11 is 0. The number of carbonyl (C=O) groups is 3. The number of aryl methyl sites for hydroxylation is 4. The van der Waals surface area contributed by atoms with Crippen LogP contribution in [0.3, 0.4) is 0 Å². The molecular formula is C22H23N3O3. The van der Waals surface area contributed by atoms with E-state index in [0.717, 1.165) is 44.8 Å². The first-order chi connectivity index (χ1) is 13.3. The third-order valence-electron chi connectivity index (χ3n) is 5.67. The summed E-state index contributed by atoms with van der Waals surface area (Å²) in [6, 6.07) is 11.1. The molecule has 0 bridgehead atoms. The number of fused-ring (bicyclic) bond motifs is 2. The van der Waals surface area contributed by atoms with E-state index in [4.69, 9.17) is 0 Å². The number of nitrogens with zero attached hydrogens (tertiary/aromatic N) is 1. The zero-order valence-corrected chi connectivity index (χ0v) is 16.3. The standard InChI is InChI=1S/C22H23N3O3/c1-13-10-14(2)19(15(3)11-13)23-18(26)12-25-20(27)22(24-21(25)28)9-8-16-6-4-5-7-17(16)22/h4-7,10-11H,8-9,12H2,1-3H3,(H,23,26)(H,24,28)/t22-/m0/s1. The van der Waals surface area contributed by atoms with Crippen molar-refractivity contribution in [3.63, 3.8) is 0 Å². The van der Waals surface area contributed by atoms with Crippen molar-refractivity contribution in [3.8, 4) is 0 Å². The van der Waals surface area contributed by atoms with Crippen molar-refractivity contribution in [2.24, 2.45) is 0 Å². The number of carbonyl (C=O) groups excluding carboxylic acids is 3. The lowest BCUT2D eigenvalue weighted by atomic mass is 9.92. The lowest BCUT2D eigenvalue weighted by Gasteiger charge is -2.22. The van der Waals surface area contributed by atoms with Gasteiger partial charge in [-0.2, -0.15) is 0 Å². The van der Waals surface area contributed by atoms with E-state index in [1.165, 1.54) is 0 Å². The minimum absolute atomic E-state index is 0.304. The molecule has 6 nitrogen and oxygen atoms in total. The Morgan fingerprint density at radius 1 is 1.14 bits per heavy atom. The maximum atomic E-state index is 13.1. The van der Waals surface area contributed by atoms with Gasteiger partial charge in [0.05, 0.1) is 0 Å². The smallest absolute Gasteiger partial charge is 0.324 e. The van der Waals surface area contributed by atoms with Gasteiger partial charge in [-0.1, -0.05) is 42.0 Å². The molecule has 1 fully saturated rings. The second kappa shape index (κ2) is 6.48. The van der Waals surface area contributed by atoms with E-state index in [0.29, 0.717) is 6.42 Å². The molecule has 28 heavy (non-hydrogen) atoms. The second-order valence-corrected chi connectivity index (χ2v) is 7.71. The minimum Gasteiger partial charge on any atom is -0.324 e. The fraction of sp³-hybridized carbons (Fsp3) is 0.318. The highest BCUT2D eigenvalue weighted by Gasteiger charge is 2.55. The summed E-state index contributed by atoms with van der Waals surface area (Å²) in [5.41, 5.74) is 4.60. The van der Waals surface area contributed by atoms with Gasteiger partial charge < -0.3 is 10.6 Å². The Kier molecular flexibility index (Phi) is 4.22. The SMILES string of the molecule is Cc1cc(C)c(NC(=O)CN2C(=O)N[C@]3(CCc4ccccc43)C2=O)c(C)c1. The highest BCUT2D eigenvalue weighted by Crippen LogP contribution is 2.41. The number of anilines is 1. The molecule has 4 rings (SSSR count). The molecule has 4 amide bonds. The molecule has 144 valence electrons. The summed E-state index contributed by atoms with van der Waals surface area (Å²) in [5, 5.41) is 5.70. The van der Waals surface area contributed by atoms with Gasteiger partial charge in [-0.15, -0.1) is 0 Å². The van der Waals surface area contributed by atoms with Crippen LogP contribution in [0.5, 0.6) is 0 Å². The van der Waals surface area contributed by atoms with Gasteiger partial charge in [0.15, 0.2) is 0 Å². The molecule has 1 spiro atoms. The molecule has 0 saturated carbocycles. The molecule has 1 aliphatic heterocycles. The van der Waals surface area contributed by atoms with E-state index in [1.54, 1.807) is 0 Å². The van der Waals surface area contributed by atoms with Crippen LogP contribution in [0.25, 0.3) is 0 Å².